The highest BCUT2D eigenvalue weighted by Crippen LogP contribution is 2.14. The average molecular weight is 246 g/mol. The molecule has 2 atom stereocenters. The molecule has 0 bridgehead atoms. The van der Waals surface area contributed by atoms with Crippen molar-refractivity contribution in [2.45, 2.75) is 20.0 Å². The largest absolute Gasteiger partial charge is 0.459 e. The van der Waals surface area contributed by atoms with E-state index >= 15 is 0 Å². The van der Waals surface area contributed by atoms with Crippen LogP contribution in [0.2, 0.25) is 0 Å². The molecule has 0 aromatic heterocycles. The van der Waals surface area contributed by atoms with Gasteiger partial charge < -0.3 is 9.22 Å². The fourth-order valence-electron chi connectivity index (χ4n) is 1.14. The minimum absolute atomic E-state index is 0.0366. The van der Waals surface area contributed by atoms with Gasteiger partial charge in [-0.05, 0) is 13.8 Å². The predicted octanol–water partition coefficient (Wildman–Crippen LogP) is 1.88. The number of hydrogen-bond donors (Lipinski definition) is 0. The third-order valence-electron chi connectivity index (χ3n) is 2.01. The molecular formula is C12H25NO2P+. The Labute approximate surface area is 101 Å². The molecule has 0 saturated heterocycles. The molecule has 0 amide bonds. The molecule has 2 unspecified atom stereocenters. The fourth-order valence-corrected chi connectivity index (χ4v) is 2.66. The van der Waals surface area contributed by atoms with Crippen molar-refractivity contribution in [3.05, 3.63) is 12.2 Å². The third kappa shape index (κ3) is 10.1. The lowest BCUT2D eigenvalue weighted by Gasteiger charge is -2.23. The molecule has 0 aliphatic rings. The summed E-state index contributed by atoms with van der Waals surface area (Å²) in [6, 6.07) is 0. The van der Waals surface area contributed by atoms with Crippen molar-refractivity contribution in [2.24, 2.45) is 0 Å². The molecule has 0 heterocycles. The maximum Gasteiger partial charge on any atom is 0.330 e. The Morgan fingerprint density at radius 3 is 2.56 bits per heavy atom. The summed E-state index contributed by atoms with van der Waals surface area (Å²) < 4.78 is 6.20. The van der Waals surface area contributed by atoms with Crippen molar-refractivity contribution >= 4 is 14.6 Å². The quantitative estimate of drug-likeness (QED) is 0.225. The van der Waals surface area contributed by atoms with Gasteiger partial charge in [0.05, 0.1) is 27.7 Å². The molecule has 4 heteroatoms. The van der Waals surface area contributed by atoms with Crippen LogP contribution < -0.4 is 0 Å². The van der Waals surface area contributed by atoms with Gasteiger partial charge in [-0.15, -0.1) is 8.58 Å². The van der Waals surface area contributed by atoms with Crippen LogP contribution >= 0.6 is 8.58 Å². The summed E-state index contributed by atoms with van der Waals surface area (Å²) in [4.78, 5) is 11.1. The number of nitrogens with zero attached hydrogens (tertiary/aromatic N) is 1. The van der Waals surface area contributed by atoms with Crippen molar-refractivity contribution < 1.29 is 14.0 Å². The minimum atomic E-state index is -0.230. The van der Waals surface area contributed by atoms with E-state index in [9.17, 15) is 4.79 Å². The van der Waals surface area contributed by atoms with Crippen LogP contribution in [0.3, 0.4) is 0 Å². The highest BCUT2D eigenvalue weighted by molar-refractivity contribution is 7.38. The highest BCUT2D eigenvalue weighted by Gasteiger charge is 2.09. The lowest BCUT2D eigenvalue weighted by atomic mass is 10.4. The SMILES string of the molecule is CC=CC(=O)OC(C)CPCC[N+](C)(C)C. The minimum Gasteiger partial charge on any atom is -0.459 e. The number of carbonyl (C=O) groups is 1. The van der Waals surface area contributed by atoms with Gasteiger partial charge in [0, 0.05) is 18.4 Å². The first-order valence-corrected chi connectivity index (χ1v) is 7.11. The summed E-state index contributed by atoms with van der Waals surface area (Å²) in [7, 11) is 7.45. The summed E-state index contributed by atoms with van der Waals surface area (Å²) in [5, 5.41) is 0. The molecule has 0 aliphatic carbocycles. The maximum absolute atomic E-state index is 11.1. The van der Waals surface area contributed by atoms with Gasteiger partial charge in [-0.1, -0.05) is 6.08 Å². The van der Waals surface area contributed by atoms with E-state index in [-0.39, 0.29) is 12.1 Å². The first-order chi connectivity index (χ1) is 7.35. The lowest BCUT2D eigenvalue weighted by molar-refractivity contribution is -0.867. The van der Waals surface area contributed by atoms with E-state index in [0.717, 1.165) is 19.2 Å². The number of carbonyl (C=O) groups excluding carboxylic acids is 1. The molecular weight excluding hydrogens is 221 g/mol. The van der Waals surface area contributed by atoms with Gasteiger partial charge in [-0.2, -0.15) is 0 Å². The second kappa shape index (κ2) is 7.81. The Bertz CT molecular complexity index is 234. The monoisotopic (exact) mass is 246 g/mol. The Balaban J connectivity index is 3.58. The van der Waals surface area contributed by atoms with Crippen LogP contribution in [-0.4, -0.2) is 56.6 Å². The Morgan fingerprint density at radius 1 is 1.44 bits per heavy atom. The van der Waals surface area contributed by atoms with Crippen molar-refractivity contribution in [3.8, 4) is 0 Å². The molecule has 0 aromatic carbocycles. The predicted molar refractivity (Wildman–Crippen MR) is 71.3 cm³/mol. The van der Waals surface area contributed by atoms with Crippen molar-refractivity contribution in [1.82, 2.24) is 0 Å². The van der Waals surface area contributed by atoms with Crippen LogP contribution in [-0.2, 0) is 9.53 Å². The Hall–Kier alpha value is -0.400. The van der Waals surface area contributed by atoms with Gasteiger partial charge >= 0.3 is 5.97 Å². The van der Waals surface area contributed by atoms with Crippen LogP contribution in [0.25, 0.3) is 0 Å². The maximum atomic E-state index is 11.1. The molecule has 0 radical (unpaired) electrons. The van der Waals surface area contributed by atoms with E-state index in [1.54, 1.807) is 6.08 Å². The van der Waals surface area contributed by atoms with Gasteiger partial charge in [0.1, 0.15) is 6.10 Å². The highest BCUT2D eigenvalue weighted by atomic mass is 31.1. The van der Waals surface area contributed by atoms with Crippen LogP contribution in [0.1, 0.15) is 13.8 Å². The number of hydrogen-bond acceptors (Lipinski definition) is 2. The zero-order valence-electron chi connectivity index (χ0n) is 11.1. The molecule has 0 aliphatic heterocycles. The van der Waals surface area contributed by atoms with Gasteiger partial charge in [-0.25, -0.2) is 4.79 Å². The molecule has 0 spiro atoms. The number of esters is 1. The summed E-state index contributed by atoms with van der Waals surface area (Å²) in [5.41, 5.74) is 0. The molecule has 3 nitrogen and oxygen atoms in total. The lowest BCUT2D eigenvalue weighted by Crippen LogP contribution is -2.36. The van der Waals surface area contributed by atoms with E-state index in [4.69, 9.17) is 4.74 Å². The van der Waals surface area contributed by atoms with E-state index in [2.05, 4.69) is 21.1 Å². The standard InChI is InChI=1S/C12H25NO2P/c1-6-7-12(14)15-11(2)10-16-9-8-13(3,4)5/h6-7,11,16H,8-10H2,1-5H3/q+1. The summed E-state index contributed by atoms with van der Waals surface area (Å²) >= 11 is 0. The van der Waals surface area contributed by atoms with Gasteiger partial charge in [-0.3, -0.25) is 0 Å². The van der Waals surface area contributed by atoms with Gasteiger partial charge in [0.2, 0.25) is 0 Å². The first kappa shape index (κ1) is 15.6. The van der Waals surface area contributed by atoms with E-state index in [1.807, 2.05) is 13.8 Å². The van der Waals surface area contributed by atoms with E-state index in [1.165, 1.54) is 18.8 Å². The first-order valence-electron chi connectivity index (χ1n) is 5.69. The number of allylic oxidation sites excluding steroid dienone is 1. The Morgan fingerprint density at radius 2 is 2.06 bits per heavy atom. The zero-order valence-corrected chi connectivity index (χ0v) is 12.1. The van der Waals surface area contributed by atoms with Crippen molar-refractivity contribution in [1.29, 1.82) is 0 Å². The van der Waals surface area contributed by atoms with E-state index < -0.39 is 0 Å². The summed E-state index contributed by atoms with van der Waals surface area (Å²) in [6.07, 6.45) is 5.38. The molecule has 94 valence electrons. The van der Waals surface area contributed by atoms with E-state index in [0.29, 0.717) is 0 Å². The Kier molecular flexibility index (Phi) is 7.61. The summed E-state index contributed by atoms with van der Waals surface area (Å²) in [6.45, 7) is 4.95. The van der Waals surface area contributed by atoms with Crippen LogP contribution in [0, 0.1) is 0 Å². The molecule has 0 N–H and O–H groups in total. The van der Waals surface area contributed by atoms with Crippen molar-refractivity contribution in [2.75, 3.05) is 40.0 Å². The van der Waals surface area contributed by atoms with Crippen LogP contribution in [0.5, 0.6) is 0 Å². The normalized spacial score (nSPS) is 14.8. The second-order valence-corrected chi connectivity index (χ2v) is 6.37. The van der Waals surface area contributed by atoms with Gasteiger partial charge in [0.15, 0.2) is 0 Å². The average Bonchev–Trinajstić information content (AvgIpc) is 2.11. The van der Waals surface area contributed by atoms with Gasteiger partial charge in [0.25, 0.3) is 0 Å². The molecule has 0 saturated carbocycles. The third-order valence-corrected chi connectivity index (χ3v) is 3.45. The molecule has 0 fully saturated rings. The number of quaternary nitrogens is 1. The molecule has 16 heavy (non-hydrogen) atoms. The van der Waals surface area contributed by atoms with Crippen LogP contribution in [0.15, 0.2) is 12.2 Å². The molecule has 0 rings (SSSR count). The zero-order chi connectivity index (χ0) is 12.6. The fraction of sp³-hybridized carbons (Fsp3) is 0.750. The summed E-state index contributed by atoms with van der Waals surface area (Å²) in [5.74, 6) is -0.230. The smallest absolute Gasteiger partial charge is 0.330 e. The second-order valence-electron chi connectivity index (χ2n) is 4.97. The number of rotatable bonds is 7. The number of ether oxygens (including phenoxy) is 1. The molecule has 0 aromatic rings. The topological polar surface area (TPSA) is 26.3 Å². The van der Waals surface area contributed by atoms with Crippen LogP contribution in [0.4, 0.5) is 0 Å². The van der Waals surface area contributed by atoms with Crippen molar-refractivity contribution in [3.63, 3.8) is 0 Å².